The summed E-state index contributed by atoms with van der Waals surface area (Å²) in [7, 11) is 0. The molecule has 0 spiro atoms. The lowest BCUT2D eigenvalue weighted by atomic mass is 10.0. The molecule has 0 aliphatic heterocycles. The van der Waals surface area contributed by atoms with Crippen molar-refractivity contribution in [2.75, 3.05) is 0 Å². The van der Waals surface area contributed by atoms with Gasteiger partial charge in [-0.25, -0.2) is 14.3 Å². The van der Waals surface area contributed by atoms with E-state index in [1.807, 2.05) is 0 Å². The number of hydrogen-bond acceptors (Lipinski definition) is 6. The number of imidazole rings is 1. The monoisotopic (exact) mass is 468 g/mol. The largest absolute Gasteiger partial charge is 0.408 e. The molecule has 2 atom stereocenters. The van der Waals surface area contributed by atoms with Crippen LogP contribution >= 0.6 is 0 Å². The highest BCUT2D eigenvalue weighted by molar-refractivity contribution is 5.75. The van der Waals surface area contributed by atoms with Gasteiger partial charge < -0.3 is 4.98 Å². The molecule has 0 unspecified atom stereocenters. The summed E-state index contributed by atoms with van der Waals surface area (Å²) in [5.74, 6) is 0.0162. The van der Waals surface area contributed by atoms with Crippen LogP contribution in [0, 0.1) is 0 Å². The van der Waals surface area contributed by atoms with Gasteiger partial charge in [-0.3, -0.25) is 19.4 Å². The minimum atomic E-state index is -4.39. The number of fused-ring (bicyclic) bond motifs is 2. The molecule has 2 N–H and O–H groups in total. The van der Waals surface area contributed by atoms with Crippen LogP contribution in [-0.4, -0.2) is 45.5 Å². The van der Waals surface area contributed by atoms with Gasteiger partial charge >= 0.3 is 11.9 Å². The lowest BCUT2D eigenvalue weighted by Gasteiger charge is -2.09. The summed E-state index contributed by atoms with van der Waals surface area (Å²) < 4.78 is 41.2. The number of alkyl halides is 3. The molecule has 6 rings (SSSR count). The van der Waals surface area contributed by atoms with Crippen molar-refractivity contribution in [1.29, 1.82) is 0 Å². The van der Waals surface area contributed by atoms with Crippen LogP contribution in [0.25, 0.3) is 27.9 Å². The van der Waals surface area contributed by atoms with Crippen LogP contribution in [0.5, 0.6) is 0 Å². The lowest BCUT2D eigenvalue weighted by molar-refractivity contribution is -0.141. The quantitative estimate of drug-likeness (QED) is 0.417. The zero-order valence-corrected chi connectivity index (χ0v) is 17.2. The maximum Gasteiger partial charge on any atom is 0.408 e. The predicted molar refractivity (Wildman–Crippen MR) is 113 cm³/mol. The summed E-state index contributed by atoms with van der Waals surface area (Å²) in [6.45, 7) is -1.19. The van der Waals surface area contributed by atoms with E-state index in [0.29, 0.717) is 22.4 Å². The Kier molecular flexibility index (Phi) is 4.25. The van der Waals surface area contributed by atoms with Crippen LogP contribution in [0.1, 0.15) is 29.4 Å². The molecule has 0 bridgehead atoms. The molecule has 0 amide bonds. The Morgan fingerprint density at radius 1 is 1.12 bits per heavy atom. The van der Waals surface area contributed by atoms with Crippen LogP contribution in [0.2, 0.25) is 0 Å². The number of pyridine rings is 1. The summed E-state index contributed by atoms with van der Waals surface area (Å²) in [4.78, 5) is 37.0. The summed E-state index contributed by atoms with van der Waals surface area (Å²) in [5.41, 5.74) is 2.35. The normalized spacial score (nSPS) is 18.1. The average Bonchev–Trinajstić information content (AvgIpc) is 3.26. The summed E-state index contributed by atoms with van der Waals surface area (Å²) in [5, 5.41) is 8.25. The Labute approximate surface area is 187 Å². The van der Waals surface area contributed by atoms with Crippen LogP contribution in [-0.2, 0) is 6.54 Å². The van der Waals surface area contributed by atoms with Crippen molar-refractivity contribution >= 4 is 16.7 Å². The van der Waals surface area contributed by atoms with E-state index in [1.165, 1.54) is 12.4 Å². The Morgan fingerprint density at radius 2 is 1.97 bits per heavy atom. The first-order valence-electron chi connectivity index (χ1n) is 10.3. The van der Waals surface area contributed by atoms with Gasteiger partial charge in [-0.05, 0) is 36.0 Å². The number of aromatic nitrogens is 8. The van der Waals surface area contributed by atoms with Gasteiger partial charge in [0, 0.05) is 30.4 Å². The number of nitrogens with zero attached hydrogens (tertiary/aromatic N) is 6. The Hall–Kier alpha value is -4.29. The van der Waals surface area contributed by atoms with E-state index in [0.717, 1.165) is 22.2 Å². The van der Waals surface area contributed by atoms with Gasteiger partial charge in [-0.1, -0.05) is 0 Å². The number of halogens is 3. The van der Waals surface area contributed by atoms with Crippen LogP contribution in [0.4, 0.5) is 13.2 Å². The Bertz CT molecular complexity index is 1680. The van der Waals surface area contributed by atoms with Crippen molar-refractivity contribution in [1.82, 2.24) is 39.3 Å². The number of H-pyrrole nitrogens is 2. The summed E-state index contributed by atoms with van der Waals surface area (Å²) in [6, 6.07) is 3.46. The zero-order chi connectivity index (χ0) is 23.6. The molecule has 34 heavy (non-hydrogen) atoms. The fourth-order valence-electron chi connectivity index (χ4n) is 4.32. The smallest absolute Gasteiger partial charge is 0.313 e. The van der Waals surface area contributed by atoms with Gasteiger partial charge in [-0.15, -0.1) is 0 Å². The van der Waals surface area contributed by atoms with E-state index in [2.05, 4.69) is 30.1 Å². The topological polar surface area (TPSA) is 127 Å². The minimum Gasteiger partial charge on any atom is -0.313 e. The average molecular weight is 468 g/mol. The van der Waals surface area contributed by atoms with Crippen molar-refractivity contribution in [3.8, 4) is 11.3 Å². The fourth-order valence-corrected chi connectivity index (χ4v) is 4.32. The molecule has 1 saturated carbocycles. The van der Waals surface area contributed by atoms with Crippen molar-refractivity contribution < 1.29 is 13.2 Å². The van der Waals surface area contributed by atoms with Gasteiger partial charge in [0.2, 0.25) is 0 Å². The van der Waals surface area contributed by atoms with Gasteiger partial charge in [0.1, 0.15) is 12.1 Å². The summed E-state index contributed by atoms with van der Waals surface area (Å²) >= 11 is 0. The number of rotatable bonds is 4. The number of nitrogens with one attached hydrogen (secondary N) is 2. The SMILES string of the molecule is O=c1[nH]cc(-c2cc([C@H]3C[C@@H]3c3cnc4cnn(CC(F)(F)F)c4c3)c3nccn3n2)c(=O)[nH]1. The highest BCUT2D eigenvalue weighted by atomic mass is 19.4. The second-order valence-corrected chi connectivity index (χ2v) is 8.21. The molecule has 5 aromatic rings. The number of aromatic amines is 2. The minimum absolute atomic E-state index is 0.00623. The molecule has 0 saturated heterocycles. The highest BCUT2D eigenvalue weighted by Gasteiger charge is 2.42. The van der Waals surface area contributed by atoms with E-state index >= 15 is 0 Å². The molecule has 0 aromatic carbocycles. The maximum atomic E-state index is 12.9. The van der Waals surface area contributed by atoms with Gasteiger partial charge in [0.15, 0.2) is 5.65 Å². The molecule has 5 heterocycles. The van der Waals surface area contributed by atoms with Crippen LogP contribution in [0.15, 0.2) is 52.7 Å². The molecular weight excluding hydrogens is 453 g/mol. The van der Waals surface area contributed by atoms with E-state index in [-0.39, 0.29) is 17.4 Å². The van der Waals surface area contributed by atoms with E-state index in [4.69, 9.17) is 0 Å². The Morgan fingerprint density at radius 3 is 2.76 bits per heavy atom. The van der Waals surface area contributed by atoms with E-state index < -0.39 is 24.0 Å². The number of hydrogen-bond donors (Lipinski definition) is 2. The van der Waals surface area contributed by atoms with Crippen molar-refractivity contribution in [2.45, 2.75) is 31.0 Å². The van der Waals surface area contributed by atoms with Crippen molar-refractivity contribution in [3.05, 3.63) is 75.1 Å². The van der Waals surface area contributed by atoms with Crippen molar-refractivity contribution in [3.63, 3.8) is 0 Å². The van der Waals surface area contributed by atoms with Gasteiger partial charge in [0.25, 0.3) is 5.56 Å². The maximum absolute atomic E-state index is 12.9. The lowest BCUT2D eigenvalue weighted by Crippen LogP contribution is -2.23. The third-order valence-corrected chi connectivity index (χ3v) is 5.95. The molecule has 0 radical (unpaired) electrons. The molecular formula is C21H15F3N8O2. The first kappa shape index (κ1) is 20.3. The molecule has 13 heteroatoms. The second-order valence-electron chi connectivity index (χ2n) is 8.21. The van der Waals surface area contributed by atoms with Gasteiger partial charge in [0.05, 0.1) is 23.0 Å². The summed E-state index contributed by atoms with van der Waals surface area (Å²) in [6.07, 6.45) is 3.87. The standard InChI is InChI=1S/C21H15F3N8O2/c22-21(23,24)9-32-17-3-10(6-26-16(17)8-28-32)11-4-12(11)13-5-15(30-31-2-1-25-18(13)31)14-7-27-20(34)29-19(14)33/h1-3,5-8,11-12H,4,9H2,(H2,27,29,33,34)/t11-,12+/m1/s1. The van der Waals surface area contributed by atoms with Gasteiger partial charge in [-0.2, -0.15) is 23.4 Å². The molecule has 1 fully saturated rings. The van der Waals surface area contributed by atoms with E-state index in [9.17, 15) is 22.8 Å². The van der Waals surface area contributed by atoms with Crippen molar-refractivity contribution in [2.24, 2.45) is 0 Å². The second kappa shape index (κ2) is 7.10. The fraction of sp³-hybridized carbons (Fsp3) is 0.238. The van der Waals surface area contributed by atoms with Crippen LogP contribution in [0.3, 0.4) is 0 Å². The van der Waals surface area contributed by atoms with E-state index in [1.54, 1.807) is 35.2 Å². The molecule has 5 aromatic heterocycles. The zero-order valence-electron chi connectivity index (χ0n) is 17.2. The predicted octanol–water partition coefficient (Wildman–Crippen LogP) is 2.35. The molecule has 10 nitrogen and oxygen atoms in total. The third kappa shape index (κ3) is 3.45. The molecule has 172 valence electrons. The Balaban J connectivity index is 1.39. The highest BCUT2D eigenvalue weighted by Crippen LogP contribution is 2.55. The third-order valence-electron chi connectivity index (χ3n) is 5.95. The van der Waals surface area contributed by atoms with Crippen LogP contribution < -0.4 is 11.2 Å². The first-order valence-corrected chi connectivity index (χ1v) is 10.3. The molecule has 1 aliphatic rings. The molecule has 1 aliphatic carbocycles. The first-order chi connectivity index (χ1) is 16.3.